The van der Waals surface area contributed by atoms with Crippen molar-refractivity contribution in [1.29, 1.82) is 0 Å². The van der Waals surface area contributed by atoms with Crippen molar-refractivity contribution in [3.8, 4) is 0 Å². The minimum absolute atomic E-state index is 0.351. The smallest absolute Gasteiger partial charge is 0.0690 e. The molecule has 34 saturated carbocycles. The first kappa shape index (κ1) is 114. The van der Waals surface area contributed by atoms with Gasteiger partial charge < -0.3 is 52.1 Å². The number of hydrogen-bond donors (Lipinski definition) is 0. The molecule has 0 N–H and O–H groups in total. The van der Waals surface area contributed by atoms with E-state index in [1.807, 2.05) is 20.8 Å². The summed E-state index contributed by atoms with van der Waals surface area (Å²) in [5, 5.41) is 0. The maximum absolute atomic E-state index is 6.04. The molecule has 0 heterocycles. The topological polar surface area (TPSA) is 102 Å². The Hall–Kier alpha value is -0.440. The molecule has 41 atom stereocenters. The number of hydrogen-bond acceptors (Lipinski definition) is 11. The van der Waals surface area contributed by atoms with Gasteiger partial charge in [0.25, 0.3) is 0 Å². The van der Waals surface area contributed by atoms with Gasteiger partial charge in [0.1, 0.15) is 0 Å². The Morgan fingerprint density at radius 1 is 0.223 bits per heavy atom. The fourth-order valence-electron chi connectivity index (χ4n) is 47.7. The average molecular weight is 2060 g/mol. The zero-order chi connectivity index (χ0) is 103. The molecule has 850 valence electrons. The number of ether oxygens (including phenoxy) is 11. The van der Waals surface area contributed by atoms with E-state index in [9.17, 15) is 0 Å². The summed E-state index contributed by atoms with van der Waals surface area (Å²) in [6, 6.07) is 0. The van der Waals surface area contributed by atoms with Crippen LogP contribution in [0.1, 0.15) is 457 Å². The van der Waals surface area contributed by atoms with Crippen LogP contribution in [0.5, 0.6) is 0 Å². The largest absolute Gasteiger partial charge is 0.385 e. The van der Waals surface area contributed by atoms with E-state index < -0.39 is 0 Å². The summed E-state index contributed by atoms with van der Waals surface area (Å²) in [4.78, 5) is 0. The molecule has 11 heteroatoms. The summed E-state index contributed by atoms with van der Waals surface area (Å²) in [7, 11) is 1.68. The van der Waals surface area contributed by atoms with Gasteiger partial charge in [-0.1, -0.05) is 52.9 Å². The van der Waals surface area contributed by atoms with Crippen molar-refractivity contribution < 1.29 is 52.1 Å². The Labute approximate surface area is 911 Å². The monoisotopic (exact) mass is 2060 g/mol. The standard InChI is InChI=1S/C15H24O.C14H22O.2C13H22O.2C12H20O.C12H22O.C10H18O.2C10H16.C9H16O.C4H10O.C3H8O/c1-2-16-8-12-6-11-7-13(12)15-10-4-3-9(5-10)14(11)15;1-2-15-12-7-10-6-11(12)14-9-4-3-8(5-9)13(10)14;1-2-14-9-13-6-10-3-11(7-13)5-12(4-10)8-13;1-2-14-8-10-6-9-7-13(10)12-5-3-4-11(9)12;1-2-13-12-6-9-3-10(7-12)5-11(4-9)8-12;1-2-13-12-7-8-6-11(12)10-5-3-4-9(8)10;1-5-13-10-8-9-6-7-12(10,4)11(9,2)3;1-2-11-7-10-6-8-3-4-9(10)5-8;2*1-2-9-7-4-5-8(6-7)10(9)3-1;1-2-10-9-6-7-3-4-8(9)5-7;1-3-5-4-2;1-3-4-2/h9-15H,2-8H2,1H3;8-14H,2-7H2,1H3;10-12H,2-9H2,1H3;9-13H,2-8H2,1H3;9-11H,2-8H2,1H3;8-12H,2-7H2,1H3;9-10H,5-8H2,1-4H3;8-10H,2-7H2,1H3;2*7-10H,1-6H2;7-9H,2-6H2,1H3;3-4H2,1-2H3;3H2,1-2H3. The summed E-state index contributed by atoms with van der Waals surface area (Å²) in [6.07, 6.45) is 85.7. The molecule has 0 saturated heterocycles. The van der Waals surface area contributed by atoms with Crippen LogP contribution in [0.3, 0.4) is 0 Å². The van der Waals surface area contributed by atoms with Crippen LogP contribution in [0.15, 0.2) is 0 Å². The molecule has 148 heavy (non-hydrogen) atoms. The molecule has 34 rings (SSSR count). The van der Waals surface area contributed by atoms with E-state index in [0.717, 1.165) is 301 Å². The van der Waals surface area contributed by atoms with Crippen LogP contribution in [0, 0.1) is 265 Å². The second kappa shape index (κ2) is 52.3. The Kier molecular flexibility index (Phi) is 40.4. The molecule has 0 radical (unpaired) electrons. The van der Waals surface area contributed by atoms with E-state index in [1.165, 1.54) is 252 Å². The van der Waals surface area contributed by atoms with Crippen LogP contribution in [-0.4, -0.2) is 143 Å². The molecule has 0 amide bonds. The van der Waals surface area contributed by atoms with Crippen molar-refractivity contribution >= 4 is 0 Å². The highest BCUT2D eigenvalue weighted by Gasteiger charge is 2.67. The van der Waals surface area contributed by atoms with Crippen molar-refractivity contribution in [3.63, 3.8) is 0 Å². The molecule has 34 aliphatic carbocycles. The Balaban J connectivity index is 0.0000000981. The molecule has 11 nitrogen and oxygen atoms in total. The summed E-state index contributed by atoms with van der Waals surface area (Å²) < 4.78 is 61.2. The van der Waals surface area contributed by atoms with Crippen LogP contribution in [0.4, 0.5) is 0 Å². The quantitative estimate of drug-likeness (QED) is 0.0817. The van der Waals surface area contributed by atoms with E-state index in [4.69, 9.17) is 47.4 Å². The molecular weight excluding hydrogens is 1820 g/mol. The molecule has 41 unspecified atom stereocenters. The highest BCUT2D eigenvalue weighted by atomic mass is 16.5. The third-order valence-corrected chi connectivity index (χ3v) is 52.5. The molecule has 30 bridgehead atoms. The van der Waals surface area contributed by atoms with Gasteiger partial charge in [0.2, 0.25) is 0 Å². The van der Waals surface area contributed by atoms with Gasteiger partial charge in [0.05, 0.1) is 36.6 Å². The van der Waals surface area contributed by atoms with Crippen molar-refractivity contribution in [1.82, 2.24) is 0 Å². The van der Waals surface area contributed by atoms with E-state index in [2.05, 4.69) is 87.8 Å². The highest BCUT2D eigenvalue weighted by Crippen LogP contribution is 2.73. The summed E-state index contributed by atoms with van der Waals surface area (Å²) >= 11 is 0. The van der Waals surface area contributed by atoms with Crippen molar-refractivity contribution in [2.45, 2.75) is 487 Å². The average Bonchev–Trinajstić information content (AvgIpc) is 1.55. The first-order valence-corrected chi connectivity index (χ1v) is 67.7. The van der Waals surface area contributed by atoms with Gasteiger partial charge in [-0.2, -0.15) is 0 Å². The lowest BCUT2D eigenvalue weighted by Crippen LogP contribution is -2.51. The maximum atomic E-state index is 6.04. The van der Waals surface area contributed by atoms with Crippen LogP contribution in [0.2, 0.25) is 0 Å². The fraction of sp³-hybridized carbons (Fsp3) is 1.00. The van der Waals surface area contributed by atoms with E-state index >= 15 is 0 Å². The number of fused-ring (bicyclic) bond motifs is 44. The molecule has 34 aliphatic rings. The minimum Gasteiger partial charge on any atom is -0.385 e. The Morgan fingerprint density at radius 3 is 1.03 bits per heavy atom. The fourth-order valence-corrected chi connectivity index (χ4v) is 47.7. The molecular formula is C137H236O11. The molecule has 34 fully saturated rings. The third kappa shape index (κ3) is 24.8. The lowest BCUT2D eigenvalue weighted by atomic mass is 9.50. The summed E-state index contributed by atoms with van der Waals surface area (Å²) in [5.74, 6) is 45.5. The van der Waals surface area contributed by atoms with Crippen molar-refractivity contribution in [3.05, 3.63) is 0 Å². The Bertz CT molecular complexity index is 3770. The van der Waals surface area contributed by atoms with E-state index in [1.54, 1.807) is 161 Å². The van der Waals surface area contributed by atoms with Crippen LogP contribution in [-0.2, 0) is 52.1 Å². The maximum Gasteiger partial charge on any atom is 0.0690 e. The molecule has 0 aromatic carbocycles. The number of rotatable bonds is 25. The lowest BCUT2D eigenvalue weighted by molar-refractivity contribution is -0.159. The summed E-state index contributed by atoms with van der Waals surface area (Å²) in [6.45, 7) is 47.3. The van der Waals surface area contributed by atoms with Gasteiger partial charge in [-0.3, -0.25) is 0 Å². The van der Waals surface area contributed by atoms with Crippen molar-refractivity contribution in [2.75, 3.05) is 113 Å². The normalized spacial score (nSPS) is 49.5. The van der Waals surface area contributed by atoms with E-state index in [0.29, 0.717) is 46.3 Å². The van der Waals surface area contributed by atoms with Crippen LogP contribution >= 0.6 is 0 Å². The highest BCUT2D eigenvalue weighted by molar-refractivity contribution is 5.16. The predicted octanol–water partition coefficient (Wildman–Crippen LogP) is 33.9. The lowest BCUT2D eigenvalue weighted by Gasteiger charge is -2.56. The van der Waals surface area contributed by atoms with Gasteiger partial charge >= 0.3 is 0 Å². The molecule has 0 spiro atoms. The van der Waals surface area contributed by atoms with Crippen LogP contribution < -0.4 is 0 Å². The first-order chi connectivity index (χ1) is 72.2. The van der Waals surface area contributed by atoms with Crippen molar-refractivity contribution in [2.24, 2.45) is 265 Å². The van der Waals surface area contributed by atoms with Crippen LogP contribution in [0.25, 0.3) is 0 Å². The van der Waals surface area contributed by atoms with Gasteiger partial charge in [-0.25, -0.2) is 0 Å². The van der Waals surface area contributed by atoms with Gasteiger partial charge in [-0.05, 0) is 669 Å². The number of methoxy groups -OCH3 is 1. The Morgan fingerprint density at radius 2 is 0.595 bits per heavy atom. The zero-order valence-electron chi connectivity index (χ0n) is 99.3. The molecule has 0 aliphatic heterocycles. The first-order valence-electron chi connectivity index (χ1n) is 67.7. The van der Waals surface area contributed by atoms with Gasteiger partial charge in [0.15, 0.2) is 0 Å². The summed E-state index contributed by atoms with van der Waals surface area (Å²) in [5.41, 5.74) is 1.94. The zero-order valence-corrected chi connectivity index (χ0v) is 99.3. The second-order valence-electron chi connectivity index (χ2n) is 59.3. The van der Waals surface area contributed by atoms with Gasteiger partial charge in [-0.15, -0.1) is 0 Å². The van der Waals surface area contributed by atoms with E-state index in [-0.39, 0.29) is 0 Å². The minimum atomic E-state index is 0.351. The second-order valence-corrected chi connectivity index (χ2v) is 59.3. The third-order valence-electron chi connectivity index (χ3n) is 52.5. The SMILES string of the molecule is C1CC2C3CCC(C3)C2C1.C1CC2C3CCC(C3)C2C1.CCOC.CCOC12CC3CC(CC(C3)C1)C2.CCOC1CC2CC1C1C3CCC(C3)C21.CCOC1CC2CC1C1CCCC21.CCOC1CC2CCC1(C)C2(C)C.CCOC1CC2CCC1C2.CCOCC.CCOCC12CC3CC(CC(C3)C1)C2.CCOCC1CC2CC1C1C3CCC(C3)C21.CCOCC1CC2CC1C1CCCC21.CCOCC1CC2CCC1C2. The molecule has 0 aromatic rings. The van der Waals surface area contributed by atoms with Gasteiger partial charge in [0, 0.05) is 106 Å². The predicted molar refractivity (Wildman–Crippen MR) is 607 cm³/mol. The molecule has 0 aromatic heterocycles.